The molecule has 0 saturated carbocycles. The van der Waals surface area contributed by atoms with E-state index in [9.17, 15) is 9.90 Å². The van der Waals surface area contributed by atoms with Crippen LogP contribution in [0.15, 0.2) is 41.0 Å². The predicted octanol–water partition coefficient (Wildman–Crippen LogP) is 2.95. The van der Waals surface area contributed by atoms with Gasteiger partial charge in [0, 0.05) is 19.5 Å². The third kappa shape index (κ3) is 2.61. The van der Waals surface area contributed by atoms with Gasteiger partial charge in [-0.1, -0.05) is 18.2 Å². The first-order chi connectivity index (χ1) is 11.2. The highest BCUT2D eigenvalue weighted by Gasteiger charge is 2.42. The molecule has 23 heavy (non-hydrogen) atoms. The molecule has 0 bridgehead atoms. The SMILES string of the molecule is O=C(O)c1ccoc1CN1CCC2(CCc3ccccc3O2)C1. The number of hydrogen-bond acceptors (Lipinski definition) is 4. The van der Waals surface area contributed by atoms with Crippen LogP contribution < -0.4 is 4.74 Å². The number of carbonyl (C=O) groups is 1. The van der Waals surface area contributed by atoms with Crippen molar-refractivity contribution in [1.82, 2.24) is 4.90 Å². The van der Waals surface area contributed by atoms with E-state index in [-0.39, 0.29) is 11.2 Å². The van der Waals surface area contributed by atoms with Crippen LogP contribution in [-0.4, -0.2) is 34.7 Å². The number of aromatic carboxylic acids is 1. The Morgan fingerprint density at radius 2 is 2.13 bits per heavy atom. The van der Waals surface area contributed by atoms with Crippen LogP contribution in [0, 0.1) is 0 Å². The second-order valence-electron chi connectivity index (χ2n) is 6.42. The summed E-state index contributed by atoms with van der Waals surface area (Å²) in [5.74, 6) is 0.570. The van der Waals surface area contributed by atoms with Gasteiger partial charge in [0.05, 0.1) is 12.8 Å². The van der Waals surface area contributed by atoms with Crippen molar-refractivity contribution in [2.24, 2.45) is 0 Å². The van der Waals surface area contributed by atoms with Crippen LogP contribution in [0.2, 0.25) is 0 Å². The van der Waals surface area contributed by atoms with Crippen molar-refractivity contribution >= 4 is 5.97 Å². The van der Waals surface area contributed by atoms with Gasteiger partial charge in [-0.15, -0.1) is 0 Å². The molecule has 5 heteroatoms. The lowest BCUT2D eigenvalue weighted by molar-refractivity contribution is 0.0529. The minimum Gasteiger partial charge on any atom is -0.486 e. The Balaban J connectivity index is 1.47. The first-order valence-electron chi connectivity index (χ1n) is 7.94. The maximum Gasteiger partial charge on any atom is 0.339 e. The molecule has 0 radical (unpaired) electrons. The molecule has 2 aliphatic heterocycles. The standard InChI is InChI=1S/C18H19NO4/c20-17(21)14-6-10-22-16(14)11-19-9-8-18(12-19)7-5-13-3-1-2-4-15(13)23-18/h1-4,6,10H,5,7-9,11-12H2,(H,20,21). The lowest BCUT2D eigenvalue weighted by Gasteiger charge is -2.35. The topological polar surface area (TPSA) is 62.9 Å². The molecule has 5 nitrogen and oxygen atoms in total. The number of carboxylic acid groups (broad SMARTS) is 1. The third-order valence-corrected chi connectivity index (χ3v) is 4.89. The second kappa shape index (κ2) is 5.42. The molecule has 3 heterocycles. The van der Waals surface area contributed by atoms with E-state index in [0.29, 0.717) is 12.3 Å². The van der Waals surface area contributed by atoms with Gasteiger partial charge in [0.1, 0.15) is 22.7 Å². The number of rotatable bonds is 3. The minimum absolute atomic E-state index is 0.148. The van der Waals surface area contributed by atoms with Crippen LogP contribution in [0.4, 0.5) is 0 Å². The number of para-hydroxylation sites is 1. The number of ether oxygens (including phenoxy) is 1. The van der Waals surface area contributed by atoms with Gasteiger partial charge < -0.3 is 14.3 Å². The molecule has 1 N–H and O–H groups in total. The summed E-state index contributed by atoms with van der Waals surface area (Å²) in [5.41, 5.74) is 1.38. The van der Waals surface area contributed by atoms with E-state index in [1.807, 2.05) is 18.2 Å². The molecule has 120 valence electrons. The number of carboxylic acids is 1. The number of likely N-dealkylation sites (tertiary alicyclic amines) is 1. The highest BCUT2D eigenvalue weighted by atomic mass is 16.5. The fraction of sp³-hybridized carbons (Fsp3) is 0.389. The van der Waals surface area contributed by atoms with E-state index in [4.69, 9.17) is 9.15 Å². The molecule has 1 fully saturated rings. The molecule has 4 rings (SSSR count). The smallest absolute Gasteiger partial charge is 0.339 e. The Kier molecular flexibility index (Phi) is 3.38. The zero-order valence-electron chi connectivity index (χ0n) is 12.8. The molecule has 0 aliphatic carbocycles. The summed E-state index contributed by atoms with van der Waals surface area (Å²) in [6.45, 7) is 2.21. The molecule has 2 aliphatic rings. The largest absolute Gasteiger partial charge is 0.486 e. The van der Waals surface area contributed by atoms with Crippen molar-refractivity contribution in [1.29, 1.82) is 0 Å². The predicted molar refractivity (Wildman–Crippen MR) is 83.7 cm³/mol. The molecular formula is C18H19NO4. The van der Waals surface area contributed by atoms with Crippen molar-refractivity contribution in [3.8, 4) is 5.75 Å². The van der Waals surface area contributed by atoms with Gasteiger partial charge in [-0.05, 0) is 30.5 Å². The number of aryl methyl sites for hydroxylation is 1. The van der Waals surface area contributed by atoms with E-state index >= 15 is 0 Å². The van der Waals surface area contributed by atoms with Gasteiger partial charge in [0.2, 0.25) is 0 Å². The molecule has 1 aromatic heterocycles. The highest BCUT2D eigenvalue weighted by molar-refractivity contribution is 5.88. The van der Waals surface area contributed by atoms with Crippen LogP contribution in [0.25, 0.3) is 0 Å². The number of hydrogen-bond donors (Lipinski definition) is 1. The number of furan rings is 1. The maximum atomic E-state index is 11.2. The fourth-order valence-electron chi connectivity index (χ4n) is 3.66. The monoisotopic (exact) mass is 313 g/mol. The van der Waals surface area contributed by atoms with Crippen LogP contribution >= 0.6 is 0 Å². The van der Waals surface area contributed by atoms with Crippen molar-refractivity contribution in [3.05, 3.63) is 53.5 Å². The minimum atomic E-state index is -0.939. The van der Waals surface area contributed by atoms with Gasteiger partial charge in [0.15, 0.2) is 0 Å². The van der Waals surface area contributed by atoms with E-state index < -0.39 is 5.97 Å². The Bertz CT molecular complexity index is 738. The average Bonchev–Trinajstić information content (AvgIpc) is 3.15. The Labute approximate surface area is 134 Å². The van der Waals surface area contributed by atoms with E-state index in [1.165, 1.54) is 17.9 Å². The van der Waals surface area contributed by atoms with Crippen molar-refractivity contribution in [2.45, 2.75) is 31.4 Å². The highest BCUT2D eigenvalue weighted by Crippen LogP contribution is 2.39. The van der Waals surface area contributed by atoms with Crippen molar-refractivity contribution < 1.29 is 19.1 Å². The average molecular weight is 313 g/mol. The summed E-state index contributed by atoms with van der Waals surface area (Å²) in [7, 11) is 0. The molecule has 1 spiro atoms. The summed E-state index contributed by atoms with van der Waals surface area (Å²) >= 11 is 0. The quantitative estimate of drug-likeness (QED) is 0.944. The normalized spacial score (nSPS) is 23.7. The Morgan fingerprint density at radius 3 is 3.00 bits per heavy atom. The van der Waals surface area contributed by atoms with Gasteiger partial charge in [-0.3, -0.25) is 4.90 Å². The summed E-state index contributed by atoms with van der Waals surface area (Å²) in [4.78, 5) is 13.4. The zero-order valence-corrected chi connectivity index (χ0v) is 12.8. The second-order valence-corrected chi connectivity index (χ2v) is 6.42. The maximum absolute atomic E-state index is 11.2. The van der Waals surface area contributed by atoms with Crippen LogP contribution in [0.1, 0.15) is 34.5 Å². The van der Waals surface area contributed by atoms with Gasteiger partial charge in [0.25, 0.3) is 0 Å². The Hall–Kier alpha value is -2.27. The lowest BCUT2D eigenvalue weighted by Crippen LogP contribution is -2.42. The van der Waals surface area contributed by atoms with Gasteiger partial charge in [-0.25, -0.2) is 4.79 Å². The first-order valence-corrected chi connectivity index (χ1v) is 7.94. The zero-order chi connectivity index (χ0) is 15.9. The number of fused-ring (bicyclic) bond motifs is 1. The summed E-state index contributed by atoms with van der Waals surface area (Å²) in [6, 6.07) is 9.72. The molecular weight excluding hydrogens is 294 g/mol. The van der Waals surface area contributed by atoms with Gasteiger partial charge >= 0.3 is 5.97 Å². The summed E-state index contributed by atoms with van der Waals surface area (Å²) < 4.78 is 11.7. The third-order valence-electron chi connectivity index (χ3n) is 4.89. The van der Waals surface area contributed by atoms with E-state index in [1.54, 1.807) is 0 Å². The van der Waals surface area contributed by atoms with E-state index in [0.717, 1.165) is 38.1 Å². The molecule has 1 saturated heterocycles. The molecule has 0 amide bonds. The fourth-order valence-corrected chi connectivity index (χ4v) is 3.66. The van der Waals surface area contributed by atoms with Gasteiger partial charge in [-0.2, -0.15) is 0 Å². The van der Waals surface area contributed by atoms with Crippen molar-refractivity contribution in [3.63, 3.8) is 0 Å². The van der Waals surface area contributed by atoms with E-state index in [2.05, 4.69) is 11.0 Å². The van der Waals surface area contributed by atoms with Crippen LogP contribution in [0.5, 0.6) is 5.75 Å². The molecule has 2 aromatic rings. The molecule has 1 atom stereocenters. The first kappa shape index (κ1) is 14.3. The number of benzene rings is 1. The lowest BCUT2D eigenvalue weighted by atomic mass is 9.90. The number of nitrogens with zero attached hydrogens (tertiary/aromatic N) is 1. The molecule has 1 aromatic carbocycles. The molecule has 1 unspecified atom stereocenters. The summed E-state index contributed by atoms with van der Waals surface area (Å²) in [6.07, 6.45) is 4.44. The van der Waals surface area contributed by atoms with Crippen LogP contribution in [-0.2, 0) is 13.0 Å². The Morgan fingerprint density at radius 1 is 1.26 bits per heavy atom. The van der Waals surface area contributed by atoms with Crippen LogP contribution in [0.3, 0.4) is 0 Å². The summed E-state index contributed by atoms with van der Waals surface area (Å²) in [5, 5.41) is 9.18. The van der Waals surface area contributed by atoms with Crippen molar-refractivity contribution in [2.75, 3.05) is 13.1 Å².